The van der Waals surface area contributed by atoms with Crippen molar-refractivity contribution >= 4 is 17.7 Å². The predicted octanol–water partition coefficient (Wildman–Crippen LogP) is 4.71. The van der Waals surface area contributed by atoms with Gasteiger partial charge in [-0.2, -0.15) is 0 Å². The Labute approximate surface area is 159 Å². The Morgan fingerprint density at radius 3 is 2.42 bits per heavy atom. The lowest BCUT2D eigenvalue weighted by Crippen LogP contribution is -2.32. The number of hydrogen-bond donors (Lipinski definition) is 2. The van der Waals surface area contributed by atoms with E-state index in [0.29, 0.717) is 0 Å². The second kappa shape index (κ2) is 10.9. The molecule has 0 aliphatic heterocycles. The second-order valence-corrected chi connectivity index (χ2v) is 7.64. The Kier molecular flexibility index (Phi) is 8.51. The second-order valence-electron chi connectivity index (χ2n) is 6.33. The number of nitrogens with one attached hydrogen (secondary N) is 1. The van der Waals surface area contributed by atoms with Crippen molar-refractivity contribution in [2.24, 2.45) is 5.92 Å². The van der Waals surface area contributed by atoms with Gasteiger partial charge in [-0.05, 0) is 49.1 Å². The lowest BCUT2D eigenvalue weighted by atomic mass is 10.00. The summed E-state index contributed by atoms with van der Waals surface area (Å²) in [5.74, 6) is 0.206. The van der Waals surface area contributed by atoms with Crippen LogP contribution in [0, 0.1) is 5.92 Å². The molecule has 0 saturated carbocycles. The number of hydroxylamine groups is 1. The van der Waals surface area contributed by atoms with E-state index in [2.05, 4.69) is 24.3 Å². The molecular weight excluding hydrogens is 346 g/mol. The molecule has 2 aromatic rings. The van der Waals surface area contributed by atoms with Gasteiger partial charge in [0, 0.05) is 16.1 Å². The minimum absolute atomic E-state index is 0.103. The van der Waals surface area contributed by atoms with Gasteiger partial charge in [-0.25, -0.2) is 5.48 Å². The minimum Gasteiger partial charge on any atom is -0.497 e. The van der Waals surface area contributed by atoms with Crippen LogP contribution in [0.4, 0.5) is 0 Å². The van der Waals surface area contributed by atoms with Crippen LogP contribution in [0.3, 0.4) is 0 Å². The maximum atomic E-state index is 11.9. The van der Waals surface area contributed by atoms with Crippen molar-refractivity contribution in [3.8, 4) is 5.75 Å². The zero-order chi connectivity index (χ0) is 18.8. The van der Waals surface area contributed by atoms with E-state index >= 15 is 0 Å². The van der Waals surface area contributed by atoms with Gasteiger partial charge < -0.3 is 4.74 Å². The first-order valence-corrected chi connectivity index (χ1v) is 9.80. The van der Waals surface area contributed by atoms with Crippen molar-refractivity contribution in [3.05, 3.63) is 60.2 Å². The van der Waals surface area contributed by atoms with Crippen LogP contribution in [-0.4, -0.2) is 23.5 Å². The Morgan fingerprint density at radius 1 is 1.12 bits per heavy atom. The Bertz CT molecular complexity index is 661. The summed E-state index contributed by atoms with van der Waals surface area (Å²) in [5, 5.41) is 9.09. The van der Waals surface area contributed by atoms with Crippen molar-refractivity contribution in [1.82, 2.24) is 5.48 Å². The molecule has 0 saturated heterocycles. The van der Waals surface area contributed by atoms with E-state index < -0.39 is 0 Å². The number of hydrogen-bond acceptors (Lipinski definition) is 4. The molecule has 0 aliphatic rings. The number of aryl methyl sites for hydroxylation is 1. The summed E-state index contributed by atoms with van der Waals surface area (Å²) in [6.45, 7) is 1.87. The van der Waals surface area contributed by atoms with Crippen LogP contribution >= 0.6 is 11.8 Å². The molecule has 0 fully saturated rings. The molecular formula is C21H27NO3S. The Hall–Kier alpha value is -1.98. The summed E-state index contributed by atoms with van der Waals surface area (Å²) >= 11 is 1.68. The van der Waals surface area contributed by atoms with Gasteiger partial charge in [-0.15, -0.1) is 11.8 Å². The van der Waals surface area contributed by atoms with E-state index in [9.17, 15) is 4.79 Å². The summed E-state index contributed by atoms with van der Waals surface area (Å²) in [5.41, 5.74) is 3.13. The van der Waals surface area contributed by atoms with Crippen LogP contribution in [0.2, 0.25) is 0 Å². The van der Waals surface area contributed by atoms with Crippen LogP contribution in [0.15, 0.2) is 59.5 Å². The number of carbonyl (C=O) groups excluding carboxylic acids is 1. The van der Waals surface area contributed by atoms with Crippen LogP contribution in [-0.2, 0) is 11.2 Å². The van der Waals surface area contributed by atoms with Crippen molar-refractivity contribution in [2.75, 3.05) is 7.11 Å². The van der Waals surface area contributed by atoms with Gasteiger partial charge in [0.1, 0.15) is 5.75 Å². The Balaban J connectivity index is 1.92. The zero-order valence-corrected chi connectivity index (χ0v) is 16.2. The van der Waals surface area contributed by atoms with Gasteiger partial charge in [0.05, 0.1) is 7.11 Å². The maximum Gasteiger partial charge on any atom is 0.247 e. The van der Waals surface area contributed by atoms with Crippen LogP contribution < -0.4 is 10.2 Å². The standard InChI is InChI=1S/C21H27NO3S/c1-16(21(23)22-24)20(26-19-14-12-18(25-2)13-15-19)11-7-6-10-17-8-4-3-5-9-17/h3-5,8-9,12-16,20,24H,6-7,10-11H2,1-2H3,(H,22,23)/t16-,20-/m1/s1. The summed E-state index contributed by atoms with van der Waals surface area (Å²) in [6.07, 6.45) is 4.07. The van der Waals surface area contributed by atoms with Crippen LogP contribution in [0.1, 0.15) is 31.7 Å². The summed E-state index contributed by atoms with van der Waals surface area (Å²) in [6, 6.07) is 18.3. The van der Waals surface area contributed by atoms with Gasteiger partial charge in [0.15, 0.2) is 0 Å². The lowest BCUT2D eigenvalue weighted by Gasteiger charge is -2.22. The average molecular weight is 374 g/mol. The third-order valence-corrected chi connectivity index (χ3v) is 5.97. The van der Waals surface area contributed by atoms with E-state index in [-0.39, 0.29) is 17.1 Å². The van der Waals surface area contributed by atoms with E-state index in [1.165, 1.54) is 5.56 Å². The predicted molar refractivity (Wildman–Crippen MR) is 106 cm³/mol. The summed E-state index contributed by atoms with van der Waals surface area (Å²) < 4.78 is 5.19. The molecule has 0 unspecified atom stereocenters. The van der Waals surface area contributed by atoms with Crippen LogP contribution in [0.5, 0.6) is 5.75 Å². The quantitative estimate of drug-likeness (QED) is 0.274. The largest absolute Gasteiger partial charge is 0.497 e. The highest BCUT2D eigenvalue weighted by atomic mass is 32.2. The van der Waals surface area contributed by atoms with Gasteiger partial charge in [-0.3, -0.25) is 10.0 Å². The van der Waals surface area contributed by atoms with E-state index in [1.807, 2.05) is 37.3 Å². The minimum atomic E-state index is -0.334. The number of benzene rings is 2. The van der Waals surface area contributed by atoms with E-state index in [0.717, 1.165) is 36.3 Å². The number of methoxy groups -OCH3 is 1. The molecule has 0 radical (unpaired) electrons. The topological polar surface area (TPSA) is 58.6 Å². The lowest BCUT2D eigenvalue weighted by molar-refractivity contribution is -0.132. The fourth-order valence-corrected chi connectivity index (χ4v) is 4.09. The number of rotatable bonds is 10. The molecule has 26 heavy (non-hydrogen) atoms. The van der Waals surface area contributed by atoms with Crippen molar-refractivity contribution in [3.63, 3.8) is 0 Å². The summed E-state index contributed by atoms with van der Waals surface area (Å²) in [4.78, 5) is 13.0. The molecule has 1 amide bonds. The average Bonchev–Trinajstić information content (AvgIpc) is 2.70. The molecule has 0 aliphatic carbocycles. The molecule has 0 heterocycles. The van der Waals surface area contributed by atoms with Gasteiger partial charge in [-0.1, -0.05) is 43.7 Å². The van der Waals surface area contributed by atoms with Gasteiger partial charge in [0.2, 0.25) is 5.91 Å². The fraction of sp³-hybridized carbons (Fsp3) is 0.381. The highest BCUT2D eigenvalue weighted by molar-refractivity contribution is 8.00. The van der Waals surface area contributed by atoms with E-state index in [1.54, 1.807) is 24.4 Å². The normalized spacial score (nSPS) is 13.0. The molecule has 140 valence electrons. The summed E-state index contributed by atoms with van der Waals surface area (Å²) in [7, 11) is 1.64. The van der Waals surface area contributed by atoms with Crippen molar-refractivity contribution in [2.45, 2.75) is 42.8 Å². The highest BCUT2D eigenvalue weighted by Gasteiger charge is 2.24. The number of amides is 1. The first-order valence-electron chi connectivity index (χ1n) is 8.92. The molecule has 2 aromatic carbocycles. The molecule has 4 nitrogen and oxygen atoms in total. The third kappa shape index (κ3) is 6.39. The first-order chi connectivity index (χ1) is 12.6. The number of thioether (sulfide) groups is 1. The van der Waals surface area contributed by atoms with Crippen LogP contribution in [0.25, 0.3) is 0 Å². The molecule has 2 atom stereocenters. The fourth-order valence-electron chi connectivity index (χ4n) is 2.83. The molecule has 0 spiro atoms. The monoisotopic (exact) mass is 373 g/mol. The first kappa shape index (κ1) is 20.3. The third-order valence-electron chi connectivity index (χ3n) is 4.48. The van der Waals surface area contributed by atoms with Gasteiger partial charge >= 0.3 is 0 Å². The Morgan fingerprint density at radius 2 is 1.81 bits per heavy atom. The molecule has 2 N–H and O–H groups in total. The number of unbranched alkanes of at least 4 members (excludes halogenated alkanes) is 1. The molecule has 0 bridgehead atoms. The highest BCUT2D eigenvalue weighted by Crippen LogP contribution is 2.33. The number of carbonyl (C=O) groups is 1. The molecule has 5 heteroatoms. The smallest absolute Gasteiger partial charge is 0.247 e. The van der Waals surface area contributed by atoms with Gasteiger partial charge in [0.25, 0.3) is 0 Å². The van der Waals surface area contributed by atoms with Crippen molar-refractivity contribution < 1.29 is 14.7 Å². The van der Waals surface area contributed by atoms with E-state index in [4.69, 9.17) is 9.94 Å². The zero-order valence-electron chi connectivity index (χ0n) is 15.4. The van der Waals surface area contributed by atoms with Crippen molar-refractivity contribution in [1.29, 1.82) is 0 Å². The SMILES string of the molecule is COc1ccc(S[C@H](CCCCc2ccccc2)[C@@H](C)C(=O)NO)cc1. The molecule has 2 rings (SSSR count). The molecule has 0 aromatic heterocycles. The maximum absolute atomic E-state index is 11.9. The number of ether oxygens (including phenoxy) is 1.